The second kappa shape index (κ2) is 4.57. The number of aryl methyl sites for hydroxylation is 1. The minimum absolute atomic E-state index is 0.143. The highest BCUT2D eigenvalue weighted by atomic mass is 19.3. The maximum absolute atomic E-state index is 12.0. The maximum Gasteiger partial charge on any atom is 0.387 e. The zero-order chi connectivity index (χ0) is 12.3. The summed E-state index contributed by atoms with van der Waals surface area (Å²) < 4.78 is 28.2. The van der Waals surface area contributed by atoms with Crippen molar-refractivity contribution in [3.8, 4) is 11.8 Å². The first-order valence-corrected chi connectivity index (χ1v) is 4.18. The minimum atomic E-state index is -3.05. The van der Waals surface area contributed by atoms with E-state index < -0.39 is 12.6 Å². The van der Waals surface area contributed by atoms with E-state index in [9.17, 15) is 13.6 Å². The predicted octanol–water partition coefficient (Wildman–Crippen LogP) is 2.17. The van der Waals surface area contributed by atoms with Crippen LogP contribution in [0, 0.1) is 18.3 Å². The van der Waals surface area contributed by atoms with Crippen LogP contribution in [0.25, 0.3) is 0 Å². The number of carboxylic acids is 1. The van der Waals surface area contributed by atoms with Crippen LogP contribution >= 0.6 is 0 Å². The summed E-state index contributed by atoms with van der Waals surface area (Å²) in [6.07, 6.45) is 0. The standard InChI is InChI=1S/C10H7F2NO3/c1-5-2-6(9(14)15)3-7(4-13)8(5)16-10(11)12/h2-3,10H,1H3,(H,14,15). The summed E-state index contributed by atoms with van der Waals surface area (Å²) in [4.78, 5) is 10.7. The van der Waals surface area contributed by atoms with E-state index in [-0.39, 0.29) is 22.4 Å². The summed E-state index contributed by atoms with van der Waals surface area (Å²) in [5.41, 5.74) is -0.190. The Morgan fingerprint density at radius 1 is 1.56 bits per heavy atom. The summed E-state index contributed by atoms with van der Waals surface area (Å²) in [5.74, 6) is -1.52. The van der Waals surface area contributed by atoms with Crippen LogP contribution in [-0.2, 0) is 0 Å². The summed E-state index contributed by atoms with van der Waals surface area (Å²) in [7, 11) is 0. The summed E-state index contributed by atoms with van der Waals surface area (Å²) in [6, 6.07) is 3.78. The number of rotatable bonds is 3. The highest BCUT2D eigenvalue weighted by molar-refractivity contribution is 5.88. The molecule has 0 bridgehead atoms. The van der Waals surface area contributed by atoms with Crippen molar-refractivity contribution in [2.45, 2.75) is 13.5 Å². The van der Waals surface area contributed by atoms with Crippen LogP contribution in [0.2, 0.25) is 0 Å². The van der Waals surface area contributed by atoms with Gasteiger partial charge in [0.2, 0.25) is 0 Å². The zero-order valence-electron chi connectivity index (χ0n) is 8.20. The third-order valence-electron chi connectivity index (χ3n) is 1.85. The average Bonchev–Trinajstić information content (AvgIpc) is 2.19. The Morgan fingerprint density at radius 2 is 2.19 bits per heavy atom. The Morgan fingerprint density at radius 3 is 2.62 bits per heavy atom. The van der Waals surface area contributed by atoms with Gasteiger partial charge in [-0.1, -0.05) is 0 Å². The van der Waals surface area contributed by atoms with Gasteiger partial charge in [-0.25, -0.2) is 4.79 Å². The van der Waals surface area contributed by atoms with Crippen molar-refractivity contribution in [1.82, 2.24) is 0 Å². The second-order valence-corrected chi connectivity index (χ2v) is 2.97. The fourth-order valence-corrected chi connectivity index (χ4v) is 1.23. The molecule has 6 heteroatoms. The SMILES string of the molecule is Cc1cc(C(=O)O)cc(C#N)c1OC(F)F. The van der Waals surface area contributed by atoms with E-state index in [0.717, 1.165) is 6.07 Å². The lowest BCUT2D eigenvalue weighted by atomic mass is 10.1. The Balaban J connectivity index is 3.30. The van der Waals surface area contributed by atoms with Crippen molar-refractivity contribution in [2.75, 3.05) is 0 Å². The third-order valence-corrected chi connectivity index (χ3v) is 1.85. The smallest absolute Gasteiger partial charge is 0.387 e. The predicted molar refractivity (Wildman–Crippen MR) is 49.5 cm³/mol. The highest BCUT2D eigenvalue weighted by Gasteiger charge is 2.16. The molecule has 4 nitrogen and oxygen atoms in total. The first kappa shape index (κ1) is 11.9. The minimum Gasteiger partial charge on any atom is -0.478 e. The number of halogens is 2. The second-order valence-electron chi connectivity index (χ2n) is 2.97. The van der Waals surface area contributed by atoms with Gasteiger partial charge in [0.15, 0.2) is 0 Å². The van der Waals surface area contributed by atoms with E-state index in [1.54, 1.807) is 6.07 Å². The molecule has 0 aliphatic heterocycles. The molecule has 1 aromatic rings. The number of benzene rings is 1. The molecule has 0 spiro atoms. The normalized spacial score (nSPS) is 9.94. The molecule has 0 atom stereocenters. The van der Waals surface area contributed by atoms with Crippen molar-refractivity contribution in [3.63, 3.8) is 0 Å². The lowest BCUT2D eigenvalue weighted by molar-refractivity contribution is -0.0504. The number of hydrogen-bond donors (Lipinski definition) is 1. The molecule has 1 rings (SSSR count). The molecule has 0 heterocycles. The molecule has 0 aromatic heterocycles. The van der Waals surface area contributed by atoms with Crippen LogP contribution in [-0.4, -0.2) is 17.7 Å². The summed E-state index contributed by atoms with van der Waals surface area (Å²) >= 11 is 0. The fraction of sp³-hybridized carbons (Fsp3) is 0.200. The molecule has 0 saturated carbocycles. The number of ether oxygens (including phenoxy) is 1. The fourth-order valence-electron chi connectivity index (χ4n) is 1.23. The Bertz CT molecular complexity index is 466. The van der Waals surface area contributed by atoms with Crippen molar-refractivity contribution in [2.24, 2.45) is 0 Å². The summed E-state index contributed by atoms with van der Waals surface area (Å²) in [5, 5.41) is 17.4. The van der Waals surface area contributed by atoms with Crippen molar-refractivity contribution >= 4 is 5.97 Å². The van der Waals surface area contributed by atoms with Gasteiger partial charge in [-0.2, -0.15) is 14.0 Å². The third kappa shape index (κ3) is 2.45. The van der Waals surface area contributed by atoms with Gasteiger partial charge in [0.05, 0.1) is 11.1 Å². The number of hydrogen-bond acceptors (Lipinski definition) is 3. The number of carbonyl (C=O) groups is 1. The quantitative estimate of drug-likeness (QED) is 0.858. The first-order chi connectivity index (χ1) is 7.45. The Labute approximate surface area is 89.7 Å². The number of carboxylic acid groups (broad SMARTS) is 1. The van der Waals surface area contributed by atoms with Gasteiger partial charge in [-0.05, 0) is 24.6 Å². The van der Waals surface area contributed by atoms with Gasteiger partial charge < -0.3 is 9.84 Å². The van der Waals surface area contributed by atoms with Crippen molar-refractivity contribution in [1.29, 1.82) is 5.26 Å². The number of aromatic carboxylic acids is 1. The number of nitrogens with zero attached hydrogens (tertiary/aromatic N) is 1. The molecule has 84 valence electrons. The Hall–Kier alpha value is -2.16. The van der Waals surface area contributed by atoms with Gasteiger partial charge >= 0.3 is 12.6 Å². The lowest BCUT2D eigenvalue weighted by Gasteiger charge is -2.10. The monoisotopic (exact) mass is 227 g/mol. The van der Waals surface area contributed by atoms with Crippen molar-refractivity contribution < 1.29 is 23.4 Å². The van der Waals surface area contributed by atoms with E-state index in [1.807, 2.05) is 0 Å². The molecular weight excluding hydrogens is 220 g/mol. The van der Waals surface area contributed by atoms with Gasteiger partial charge in [0.25, 0.3) is 0 Å². The van der Waals surface area contributed by atoms with Crippen LogP contribution in [0.15, 0.2) is 12.1 Å². The lowest BCUT2D eigenvalue weighted by Crippen LogP contribution is -2.07. The number of alkyl halides is 2. The summed E-state index contributed by atoms with van der Waals surface area (Å²) in [6.45, 7) is -1.66. The van der Waals surface area contributed by atoms with E-state index >= 15 is 0 Å². The van der Waals surface area contributed by atoms with Crippen LogP contribution < -0.4 is 4.74 Å². The molecule has 16 heavy (non-hydrogen) atoms. The van der Waals surface area contributed by atoms with E-state index in [4.69, 9.17) is 10.4 Å². The van der Waals surface area contributed by atoms with Gasteiger partial charge in [0.1, 0.15) is 11.8 Å². The largest absolute Gasteiger partial charge is 0.478 e. The molecular formula is C10H7F2NO3. The van der Waals surface area contributed by atoms with Crippen LogP contribution in [0.4, 0.5) is 8.78 Å². The van der Waals surface area contributed by atoms with E-state index in [1.165, 1.54) is 13.0 Å². The Kier molecular flexibility index (Phi) is 3.40. The molecule has 0 radical (unpaired) electrons. The van der Waals surface area contributed by atoms with Gasteiger partial charge in [0, 0.05) is 0 Å². The topological polar surface area (TPSA) is 70.3 Å². The molecule has 1 aromatic carbocycles. The number of nitriles is 1. The molecule has 0 unspecified atom stereocenters. The molecule has 0 aliphatic carbocycles. The van der Waals surface area contributed by atoms with Crippen molar-refractivity contribution in [3.05, 3.63) is 28.8 Å². The molecule has 0 fully saturated rings. The average molecular weight is 227 g/mol. The van der Waals surface area contributed by atoms with Crippen LogP contribution in [0.3, 0.4) is 0 Å². The molecule has 1 N–H and O–H groups in total. The van der Waals surface area contributed by atoms with Crippen LogP contribution in [0.5, 0.6) is 5.75 Å². The molecule has 0 aliphatic rings. The maximum atomic E-state index is 12.0. The molecule has 0 saturated heterocycles. The van der Waals surface area contributed by atoms with Gasteiger partial charge in [-0.3, -0.25) is 0 Å². The zero-order valence-corrected chi connectivity index (χ0v) is 8.20. The van der Waals surface area contributed by atoms with Crippen LogP contribution in [0.1, 0.15) is 21.5 Å². The highest BCUT2D eigenvalue weighted by Crippen LogP contribution is 2.26. The first-order valence-electron chi connectivity index (χ1n) is 4.18. The molecule has 0 amide bonds. The van der Waals surface area contributed by atoms with Gasteiger partial charge in [-0.15, -0.1) is 0 Å². The van der Waals surface area contributed by atoms with E-state index in [2.05, 4.69) is 4.74 Å². The van der Waals surface area contributed by atoms with E-state index in [0.29, 0.717) is 0 Å².